The molecule has 0 aliphatic carbocycles. The smallest absolute Gasteiger partial charge is 0.257 e. The lowest BCUT2D eigenvalue weighted by Gasteiger charge is -2.12. The summed E-state index contributed by atoms with van der Waals surface area (Å²) in [6.45, 7) is 2.64. The Kier molecular flexibility index (Phi) is 4.86. The third-order valence-electron chi connectivity index (χ3n) is 4.02. The van der Waals surface area contributed by atoms with E-state index in [9.17, 15) is 14.0 Å². The highest BCUT2D eigenvalue weighted by Crippen LogP contribution is 2.16. The molecule has 0 saturated heterocycles. The van der Waals surface area contributed by atoms with E-state index >= 15 is 0 Å². The molecule has 0 aliphatic heterocycles. The van der Waals surface area contributed by atoms with Crippen molar-refractivity contribution in [3.8, 4) is 0 Å². The maximum Gasteiger partial charge on any atom is 0.257 e. The van der Waals surface area contributed by atoms with Crippen molar-refractivity contribution in [3.05, 3.63) is 80.9 Å². The molecule has 0 fully saturated rings. The van der Waals surface area contributed by atoms with Gasteiger partial charge in [0, 0.05) is 29.7 Å². The minimum Gasteiger partial charge on any atom is -0.348 e. The Morgan fingerprint density at radius 1 is 1.24 bits per heavy atom. The van der Waals surface area contributed by atoms with Crippen molar-refractivity contribution in [2.45, 2.75) is 20.0 Å². The molecule has 3 rings (SSSR count). The normalized spacial score (nSPS) is 10.8. The molecule has 6 heteroatoms. The monoisotopic (exact) mass is 358 g/mol. The van der Waals surface area contributed by atoms with E-state index in [1.807, 2.05) is 13.0 Å². The van der Waals surface area contributed by atoms with E-state index in [0.717, 1.165) is 11.6 Å². The predicted octanol–water partition coefficient (Wildman–Crippen LogP) is 3.74. The molecule has 0 spiro atoms. The molecule has 1 amide bonds. The fraction of sp³-hybridized carbons (Fsp3) is 0.158. The van der Waals surface area contributed by atoms with Crippen LogP contribution in [0.1, 0.15) is 22.8 Å². The van der Waals surface area contributed by atoms with Crippen LogP contribution in [0.3, 0.4) is 0 Å². The second-order valence-corrected chi connectivity index (χ2v) is 6.00. The van der Waals surface area contributed by atoms with E-state index in [1.54, 1.807) is 28.8 Å². The number of carbonyl (C=O) groups is 1. The number of pyridine rings is 1. The molecule has 128 valence electrons. The summed E-state index contributed by atoms with van der Waals surface area (Å²) in [5.74, 6) is -1.03. The number of hydrogen-bond donors (Lipinski definition) is 1. The fourth-order valence-electron chi connectivity index (χ4n) is 2.71. The van der Waals surface area contributed by atoms with E-state index in [4.69, 9.17) is 11.6 Å². The van der Waals surface area contributed by atoms with Crippen LogP contribution < -0.4 is 10.7 Å². The van der Waals surface area contributed by atoms with Crippen molar-refractivity contribution >= 4 is 28.4 Å². The average Bonchev–Trinajstić information content (AvgIpc) is 2.61. The first kappa shape index (κ1) is 17.2. The molecule has 25 heavy (non-hydrogen) atoms. The quantitative estimate of drug-likeness (QED) is 0.772. The number of aryl methyl sites for hydroxylation is 1. The lowest BCUT2D eigenvalue weighted by Crippen LogP contribution is -2.29. The maximum atomic E-state index is 13.5. The largest absolute Gasteiger partial charge is 0.348 e. The molecule has 0 aliphatic rings. The van der Waals surface area contributed by atoms with E-state index < -0.39 is 17.2 Å². The zero-order valence-corrected chi connectivity index (χ0v) is 14.3. The minimum absolute atomic E-state index is 0.0213. The van der Waals surface area contributed by atoms with E-state index in [2.05, 4.69) is 5.32 Å². The zero-order valence-electron chi connectivity index (χ0n) is 13.6. The summed E-state index contributed by atoms with van der Waals surface area (Å²) in [6, 6.07) is 11.1. The van der Waals surface area contributed by atoms with E-state index in [-0.39, 0.29) is 17.5 Å². The number of halogens is 2. The van der Waals surface area contributed by atoms with Crippen molar-refractivity contribution in [3.63, 3.8) is 0 Å². The lowest BCUT2D eigenvalue weighted by atomic mass is 10.1. The van der Waals surface area contributed by atoms with Crippen molar-refractivity contribution in [1.29, 1.82) is 0 Å². The van der Waals surface area contributed by atoms with Gasteiger partial charge in [-0.15, -0.1) is 0 Å². The summed E-state index contributed by atoms with van der Waals surface area (Å²) in [5.41, 5.74) is 0.833. The summed E-state index contributed by atoms with van der Waals surface area (Å²) < 4.78 is 15.3. The summed E-state index contributed by atoms with van der Waals surface area (Å²) >= 11 is 6.07. The molecule has 0 bridgehead atoms. The van der Waals surface area contributed by atoms with Crippen LogP contribution >= 0.6 is 11.6 Å². The van der Waals surface area contributed by atoms with Gasteiger partial charge in [0.2, 0.25) is 5.43 Å². The van der Waals surface area contributed by atoms with Gasteiger partial charge >= 0.3 is 0 Å². The second-order valence-electron chi connectivity index (χ2n) is 5.59. The third kappa shape index (κ3) is 3.42. The van der Waals surface area contributed by atoms with Crippen LogP contribution in [0.4, 0.5) is 4.39 Å². The second kappa shape index (κ2) is 7.07. The average molecular weight is 359 g/mol. The van der Waals surface area contributed by atoms with Gasteiger partial charge in [0.25, 0.3) is 5.91 Å². The molecule has 0 radical (unpaired) electrons. The Bertz CT molecular complexity index is 1010. The number of hydrogen-bond acceptors (Lipinski definition) is 2. The van der Waals surface area contributed by atoms with E-state index in [1.165, 1.54) is 12.3 Å². The summed E-state index contributed by atoms with van der Waals surface area (Å²) in [6.07, 6.45) is 1.50. The molecule has 1 N–H and O–H groups in total. The maximum absolute atomic E-state index is 13.5. The first-order valence-electron chi connectivity index (χ1n) is 7.85. The number of rotatable bonds is 4. The summed E-state index contributed by atoms with van der Waals surface area (Å²) in [5, 5.41) is 3.42. The molecule has 0 saturated carbocycles. The van der Waals surface area contributed by atoms with Gasteiger partial charge < -0.3 is 9.88 Å². The lowest BCUT2D eigenvalue weighted by molar-refractivity contribution is 0.0949. The number of benzene rings is 2. The van der Waals surface area contributed by atoms with Gasteiger partial charge in [-0.25, -0.2) is 4.39 Å². The highest BCUT2D eigenvalue weighted by Gasteiger charge is 2.15. The van der Waals surface area contributed by atoms with Gasteiger partial charge in [0.1, 0.15) is 11.4 Å². The van der Waals surface area contributed by atoms with Crippen LogP contribution in [-0.4, -0.2) is 10.5 Å². The molecule has 0 atom stereocenters. The van der Waals surface area contributed by atoms with Gasteiger partial charge in [-0.1, -0.05) is 29.8 Å². The van der Waals surface area contributed by atoms with Crippen LogP contribution in [0.5, 0.6) is 0 Å². The molecule has 1 heterocycles. The van der Waals surface area contributed by atoms with Crippen molar-refractivity contribution in [2.24, 2.45) is 0 Å². The Labute approximate surface area is 148 Å². The molecule has 3 aromatic rings. The Morgan fingerprint density at radius 2 is 2.00 bits per heavy atom. The van der Waals surface area contributed by atoms with Gasteiger partial charge in [-0.2, -0.15) is 0 Å². The van der Waals surface area contributed by atoms with Gasteiger partial charge in [0.05, 0.1) is 5.52 Å². The van der Waals surface area contributed by atoms with Crippen LogP contribution in [0.2, 0.25) is 5.02 Å². The first-order chi connectivity index (χ1) is 12.0. The SMILES string of the molecule is CCn1cc(C(=O)NCc2ccccc2Cl)c(=O)c2cc(F)ccc21. The van der Waals surface area contributed by atoms with Crippen molar-refractivity contribution < 1.29 is 9.18 Å². The molecular weight excluding hydrogens is 343 g/mol. The highest BCUT2D eigenvalue weighted by atomic mass is 35.5. The highest BCUT2D eigenvalue weighted by molar-refractivity contribution is 6.31. The van der Waals surface area contributed by atoms with Crippen LogP contribution in [0.25, 0.3) is 10.9 Å². The van der Waals surface area contributed by atoms with Crippen LogP contribution in [-0.2, 0) is 13.1 Å². The third-order valence-corrected chi connectivity index (χ3v) is 4.39. The Hall–Kier alpha value is -2.66. The predicted molar refractivity (Wildman–Crippen MR) is 96.5 cm³/mol. The van der Waals surface area contributed by atoms with Gasteiger partial charge in [-0.05, 0) is 36.8 Å². The van der Waals surface area contributed by atoms with Crippen molar-refractivity contribution in [2.75, 3.05) is 0 Å². The summed E-state index contributed by atoms with van der Waals surface area (Å²) in [7, 11) is 0. The molecule has 1 aromatic heterocycles. The molecule has 0 unspecified atom stereocenters. The topological polar surface area (TPSA) is 51.1 Å². The standard InChI is InChI=1S/C19H16ClFN2O2/c1-2-23-11-15(18(24)14-9-13(21)7-8-17(14)23)19(25)22-10-12-5-3-4-6-16(12)20/h3-9,11H,2,10H2,1H3,(H,22,25). The molecule has 4 nitrogen and oxygen atoms in total. The number of nitrogens with zero attached hydrogens (tertiary/aromatic N) is 1. The number of fused-ring (bicyclic) bond motifs is 1. The van der Waals surface area contributed by atoms with Crippen LogP contribution in [0, 0.1) is 5.82 Å². The first-order valence-corrected chi connectivity index (χ1v) is 8.23. The van der Waals surface area contributed by atoms with Crippen molar-refractivity contribution in [1.82, 2.24) is 9.88 Å². The molecular formula is C19H16ClFN2O2. The Morgan fingerprint density at radius 3 is 2.72 bits per heavy atom. The van der Waals surface area contributed by atoms with E-state index in [0.29, 0.717) is 17.1 Å². The fourth-order valence-corrected chi connectivity index (χ4v) is 2.91. The van der Waals surface area contributed by atoms with Gasteiger partial charge in [0.15, 0.2) is 0 Å². The molecule has 2 aromatic carbocycles. The number of aromatic nitrogens is 1. The Balaban J connectivity index is 1.97. The minimum atomic E-state index is -0.515. The van der Waals surface area contributed by atoms with Gasteiger partial charge in [-0.3, -0.25) is 9.59 Å². The van der Waals surface area contributed by atoms with Crippen LogP contribution in [0.15, 0.2) is 53.5 Å². The number of nitrogens with one attached hydrogen (secondary N) is 1. The zero-order chi connectivity index (χ0) is 18.0. The number of amides is 1. The number of carbonyl (C=O) groups excluding carboxylic acids is 1. The summed E-state index contributed by atoms with van der Waals surface area (Å²) in [4.78, 5) is 25.1.